The van der Waals surface area contributed by atoms with Gasteiger partial charge in [-0.05, 0) is 25.7 Å². The molecule has 0 aromatic carbocycles. The van der Waals surface area contributed by atoms with Crippen molar-refractivity contribution in [2.45, 2.75) is 74.4 Å². The van der Waals surface area contributed by atoms with Crippen LogP contribution in [-0.4, -0.2) is 88.4 Å². The lowest BCUT2D eigenvalue weighted by Crippen LogP contribution is -2.50. The number of hydrogen-bond acceptors (Lipinski definition) is 8. The molecule has 2 unspecified atom stereocenters. The number of carbonyl (C=O) groups is 6. The molecule has 0 aromatic heterocycles. The number of rotatable bonds is 17. The van der Waals surface area contributed by atoms with E-state index in [2.05, 4.69) is 31.6 Å². The van der Waals surface area contributed by atoms with Crippen LogP contribution in [0.4, 0.5) is 4.79 Å². The summed E-state index contributed by atoms with van der Waals surface area (Å²) in [4.78, 5) is 74.8. The zero-order chi connectivity index (χ0) is 28.9. The second kappa shape index (κ2) is 15.6. The van der Waals surface area contributed by atoms with E-state index < -0.39 is 42.2 Å². The molecule has 217 valence electrons. The molecule has 0 bridgehead atoms. The molecule has 2 heterocycles. The average Bonchev–Trinajstić information content (AvgIpc) is 3.40. The van der Waals surface area contributed by atoms with E-state index in [0.717, 1.165) is 25.1 Å². The lowest BCUT2D eigenvalue weighted by atomic mass is 10.0. The molecule has 0 aliphatic carbocycles. The Balaban J connectivity index is 1.81. The molecule has 6 amide bonds. The van der Waals surface area contributed by atoms with Crippen LogP contribution in [0.15, 0.2) is 4.99 Å². The topological polar surface area (TPSA) is 273 Å². The van der Waals surface area contributed by atoms with Gasteiger partial charge in [0.25, 0.3) is 0 Å². The van der Waals surface area contributed by atoms with Crippen molar-refractivity contribution in [3.63, 3.8) is 0 Å². The third-order valence-corrected chi connectivity index (χ3v) is 7.57. The maximum absolute atomic E-state index is 12.7. The largest absolute Gasteiger partial charge is 0.481 e. The van der Waals surface area contributed by atoms with Gasteiger partial charge in [0.2, 0.25) is 23.6 Å². The molecule has 0 saturated carbocycles. The van der Waals surface area contributed by atoms with Crippen molar-refractivity contribution in [1.82, 2.24) is 26.6 Å². The van der Waals surface area contributed by atoms with Crippen molar-refractivity contribution in [1.29, 1.82) is 0 Å². The summed E-state index contributed by atoms with van der Waals surface area (Å²) in [5.74, 6) is -3.66. The van der Waals surface area contributed by atoms with E-state index in [1.165, 1.54) is 0 Å². The van der Waals surface area contributed by atoms with Gasteiger partial charge < -0.3 is 48.9 Å². The fourth-order valence-corrected chi connectivity index (χ4v) is 5.70. The summed E-state index contributed by atoms with van der Waals surface area (Å²) in [6.45, 7) is 0.937. The first-order chi connectivity index (χ1) is 18.5. The van der Waals surface area contributed by atoms with Gasteiger partial charge in [-0.3, -0.25) is 29.0 Å². The molecule has 5 atom stereocenters. The van der Waals surface area contributed by atoms with Gasteiger partial charge in [-0.25, -0.2) is 4.79 Å². The quantitative estimate of drug-likeness (QED) is 0.0369. The van der Waals surface area contributed by atoms with Gasteiger partial charge in [-0.15, -0.1) is 0 Å². The molecule has 2 aliphatic rings. The van der Waals surface area contributed by atoms with Crippen molar-refractivity contribution >= 4 is 53.4 Å². The second-order valence-corrected chi connectivity index (χ2v) is 10.4. The van der Waals surface area contributed by atoms with Crippen LogP contribution in [0.2, 0.25) is 0 Å². The molecular weight excluding hydrogens is 534 g/mol. The second-order valence-electron chi connectivity index (χ2n) is 9.15. The summed E-state index contributed by atoms with van der Waals surface area (Å²) in [5.41, 5.74) is 15.7. The minimum absolute atomic E-state index is 0.0884. The summed E-state index contributed by atoms with van der Waals surface area (Å²) in [6, 6.07) is -2.40. The highest BCUT2D eigenvalue weighted by molar-refractivity contribution is 8.00. The summed E-state index contributed by atoms with van der Waals surface area (Å²) < 4.78 is 0. The number of primary amides is 1. The summed E-state index contributed by atoms with van der Waals surface area (Å²) in [5, 5.41) is 21.9. The first-order valence-corrected chi connectivity index (χ1v) is 13.5. The number of amides is 6. The van der Waals surface area contributed by atoms with Gasteiger partial charge in [0.1, 0.15) is 18.6 Å². The molecular formula is C22H36N9O7S. The van der Waals surface area contributed by atoms with Crippen LogP contribution < -0.4 is 43.8 Å². The van der Waals surface area contributed by atoms with Gasteiger partial charge in [0, 0.05) is 24.0 Å². The van der Waals surface area contributed by atoms with Crippen LogP contribution in [0.5, 0.6) is 0 Å². The number of carboxylic acid groups (broad SMARTS) is 1. The molecule has 0 spiro atoms. The third-order valence-electron chi connectivity index (χ3n) is 6.06. The molecule has 0 aromatic rings. The lowest BCUT2D eigenvalue weighted by Gasteiger charge is -2.19. The average molecular weight is 571 g/mol. The number of guanidine groups is 1. The van der Waals surface area contributed by atoms with E-state index in [4.69, 9.17) is 22.3 Å². The zero-order valence-corrected chi connectivity index (χ0v) is 22.1. The summed E-state index contributed by atoms with van der Waals surface area (Å²) >= 11 is 1.79. The highest BCUT2D eigenvalue weighted by atomic mass is 32.2. The van der Waals surface area contributed by atoms with Crippen LogP contribution in [0.1, 0.15) is 44.9 Å². The SMILES string of the molecule is NC(=O)C(CC(=O)O)NC(=O)[CH]NC(=O)C(CCCN=C(N)N)NC(=O)CCCC[C@@H]1SC[C@@H]2NC(=O)N[C@@H]21. The molecule has 12 N–H and O–H groups in total. The maximum atomic E-state index is 12.7. The van der Waals surface area contributed by atoms with Crippen molar-refractivity contribution in [3.8, 4) is 0 Å². The molecule has 2 rings (SSSR count). The van der Waals surface area contributed by atoms with Crippen LogP contribution in [0, 0.1) is 6.54 Å². The predicted molar refractivity (Wildman–Crippen MR) is 142 cm³/mol. The Morgan fingerprint density at radius 2 is 1.82 bits per heavy atom. The van der Waals surface area contributed by atoms with Gasteiger partial charge in [0.05, 0.1) is 18.5 Å². The van der Waals surface area contributed by atoms with E-state index in [-0.39, 0.29) is 54.6 Å². The lowest BCUT2D eigenvalue weighted by molar-refractivity contribution is -0.140. The van der Waals surface area contributed by atoms with Gasteiger partial charge in [0.15, 0.2) is 5.96 Å². The fourth-order valence-electron chi connectivity index (χ4n) is 4.16. The highest BCUT2D eigenvalue weighted by Crippen LogP contribution is 2.33. The van der Waals surface area contributed by atoms with Crippen molar-refractivity contribution in [2.75, 3.05) is 12.3 Å². The molecule has 39 heavy (non-hydrogen) atoms. The number of aliphatic carboxylic acids is 1. The van der Waals surface area contributed by atoms with Crippen LogP contribution >= 0.6 is 11.8 Å². The Labute approximate surface area is 229 Å². The number of urea groups is 1. The van der Waals surface area contributed by atoms with E-state index in [1.807, 2.05) is 0 Å². The first-order valence-electron chi connectivity index (χ1n) is 12.4. The number of unbranched alkanes of at least 4 members (excludes halogenated alkanes) is 1. The van der Waals surface area contributed by atoms with E-state index in [0.29, 0.717) is 12.8 Å². The van der Waals surface area contributed by atoms with E-state index >= 15 is 0 Å². The minimum atomic E-state index is -1.46. The first kappa shape index (κ1) is 31.5. The molecule has 2 aliphatic heterocycles. The highest BCUT2D eigenvalue weighted by Gasteiger charge is 2.42. The number of aliphatic imine (C=N–C) groups is 1. The van der Waals surface area contributed by atoms with Crippen molar-refractivity contribution in [2.24, 2.45) is 22.2 Å². The minimum Gasteiger partial charge on any atom is -0.481 e. The van der Waals surface area contributed by atoms with Gasteiger partial charge in [-0.2, -0.15) is 11.8 Å². The molecule has 17 heteroatoms. The Morgan fingerprint density at radius 3 is 2.49 bits per heavy atom. The number of nitrogens with zero attached hydrogens (tertiary/aromatic N) is 1. The van der Waals surface area contributed by atoms with E-state index in [1.54, 1.807) is 11.8 Å². The van der Waals surface area contributed by atoms with Gasteiger partial charge >= 0.3 is 12.0 Å². The summed E-state index contributed by atoms with van der Waals surface area (Å²) in [6.07, 6.45) is 2.15. The number of carbonyl (C=O) groups excluding carboxylic acids is 5. The zero-order valence-electron chi connectivity index (χ0n) is 21.3. The standard InChI is InChI=1S/C22H36N9O7S/c23-19(36)12(8-17(34)35)29-16(33)9-27-20(37)11(4-3-7-26-21(24)25)28-15(32)6-2-1-5-14-18-13(10-39-14)30-22(38)31-18/h9,11-14,18H,1-8,10H2,(H2,23,36)(H,27,37)(H,28,32)(H,29,33)(H,34,35)(H4,24,25,26)(H2,30,31,38)/t11?,12?,13-,14-,18-/m0/s1. The van der Waals surface area contributed by atoms with Crippen LogP contribution in [-0.2, 0) is 24.0 Å². The number of hydrogen-bond donors (Lipinski definition) is 9. The summed E-state index contributed by atoms with van der Waals surface area (Å²) in [7, 11) is 0. The third kappa shape index (κ3) is 11.3. The number of fused-ring (bicyclic) bond motifs is 1. The monoisotopic (exact) mass is 570 g/mol. The molecule has 1 radical (unpaired) electrons. The number of carboxylic acids is 1. The molecule has 2 fully saturated rings. The number of nitrogens with one attached hydrogen (secondary N) is 5. The van der Waals surface area contributed by atoms with Crippen LogP contribution in [0.3, 0.4) is 0 Å². The predicted octanol–water partition coefficient (Wildman–Crippen LogP) is -3.03. The Bertz CT molecular complexity index is 960. The molecule has 16 nitrogen and oxygen atoms in total. The molecule has 2 saturated heterocycles. The number of thioether (sulfide) groups is 1. The van der Waals surface area contributed by atoms with Crippen molar-refractivity contribution in [3.05, 3.63) is 6.54 Å². The van der Waals surface area contributed by atoms with Gasteiger partial charge in [-0.1, -0.05) is 6.42 Å². The smallest absolute Gasteiger partial charge is 0.315 e. The Kier molecular flexibility index (Phi) is 12.6. The van der Waals surface area contributed by atoms with E-state index in [9.17, 15) is 28.8 Å². The Hall–Kier alpha value is -3.76. The maximum Gasteiger partial charge on any atom is 0.315 e. The van der Waals surface area contributed by atoms with Crippen molar-refractivity contribution < 1.29 is 33.9 Å². The number of nitrogens with two attached hydrogens (primary N) is 3. The van der Waals surface area contributed by atoms with Crippen LogP contribution in [0.25, 0.3) is 0 Å². The normalized spacial score (nSPS) is 20.9. The fraction of sp³-hybridized carbons (Fsp3) is 0.636. The Morgan fingerprint density at radius 1 is 1.08 bits per heavy atom.